The monoisotopic (exact) mass is 394 g/mol. The Morgan fingerprint density at radius 3 is 2.55 bits per heavy atom. The van der Waals surface area contributed by atoms with Gasteiger partial charge in [0, 0.05) is 30.9 Å². The van der Waals surface area contributed by atoms with E-state index < -0.39 is 0 Å². The number of aromatic hydroxyl groups is 1. The largest absolute Gasteiger partial charge is 0.508 e. The molecule has 1 saturated heterocycles. The quantitative estimate of drug-likeness (QED) is 0.808. The molecule has 4 rings (SSSR count). The standard InChI is InChI=1S/C23H30N4O2/c1-16(2)19-6-9-22(28)21(14-19)23-25-24-17(3)27(23)20-7-4-18(5-8-20)15-26-10-12-29-13-11-26/h4-9,14,16,23,25,28H,10-13,15H2,1-3H3. The molecule has 0 spiro atoms. The van der Waals surface area contributed by atoms with Gasteiger partial charge in [-0.1, -0.05) is 32.0 Å². The number of benzene rings is 2. The number of nitrogens with zero attached hydrogens (tertiary/aromatic N) is 3. The van der Waals surface area contributed by atoms with Crippen LogP contribution in [0.15, 0.2) is 47.6 Å². The van der Waals surface area contributed by atoms with Gasteiger partial charge in [-0.2, -0.15) is 5.10 Å². The van der Waals surface area contributed by atoms with E-state index in [1.807, 2.05) is 13.0 Å². The van der Waals surface area contributed by atoms with Crippen molar-refractivity contribution in [3.63, 3.8) is 0 Å². The minimum atomic E-state index is -0.223. The number of ether oxygens (including phenoxy) is 1. The summed E-state index contributed by atoms with van der Waals surface area (Å²) in [7, 11) is 0. The molecule has 0 bridgehead atoms. The van der Waals surface area contributed by atoms with E-state index in [2.05, 4.69) is 64.5 Å². The summed E-state index contributed by atoms with van der Waals surface area (Å²) in [4.78, 5) is 4.55. The molecule has 0 saturated carbocycles. The molecule has 1 atom stereocenters. The van der Waals surface area contributed by atoms with E-state index in [0.29, 0.717) is 5.92 Å². The summed E-state index contributed by atoms with van der Waals surface area (Å²) in [5.74, 6) is 1.56. The molecule has 2 aliphatic heterocycles. The molecule has 154 valence electrons. The molecule has 2 aromatic rings. The number of amidine groups is 1. The van der Waals surface area contributed by atoms with Crippen LogP contribution in [0.3, 0.4) is 0 Å². The fraction of sp³-hybridized carbons (Fsp3) is 0.435. The van der Waals surface area contributed by atoms with E-state index in [4.69, 9.17) is 4.74 Å². The van der Waals surface area contributed by atoms with E-state index in [0.717, 1.165) is 49.9 Å². The molecule has 6 heteroatoms. The van der Waals surface area contributed by atoms with Crippen molar-refractivity contribution in [2.75, 3.05) is 31.2 Å². The third kappa shape index (κ3) is 4.23. The van der Waals surface area contributed by atoms with Gasteiger partial charge in [0.1, 0.15) is 11.6 Å². The van der Waals surface area contributed by atoms with Gasteiger partial charge in [-0.15, -0.1) is 0 Å². The molecule has 0 amide bonds. The molecule has 29 heavy (non-hydrogen) atoms. The molecule has 6 nitrogen and oxygen atoms in total. The molecule has 2 heterocycles. The summed E-state index contributed by atoms with van der Waals surface area (Å²) < 4.78 is 5.43. The highest BCUT2D eigenvalue weighted by Gasteiger charge is 2.30. The Hall–Kier alpha value is -2.57. The van der Waals surface area contributed by atoms with Crippen LogP contribution in [0.5, 0.6) is 5.75 Å². The molecule has 2 aromatic carbocycles. The highest BCUT2D eigenvalue weighted by Crippen LogP contribution is 2.35. The third-order valence-corrected chi connectivity index (χ3v) is 5.69. The molecular formula is C23H30N4O2. The summed E-state index contributed by atoms with van der Waals surface area (Å²) in [5.41, 5.74) is 7.58. The zero-order valence-electron chi connectivity index (χ0n) is 17.4. The number of nitrogens with one attached hydrogen (secondary N) is 1. The molecule has 1 unspecified atom stereocenters. The lowest BCUT2D eigenvalue weighted by atomic mass is 9.98. The van der Waals surface area contributed by atoms with Gasteiger partial charge in [-0.05, 0) is 48.2 Å². The Labute approximate surface area is 172 Å². The predicted molar refractivity (Wildman–Crippen MR) is 116 cm³/mol. The lowest BCUT2D eigenvalue weighted by molar-refractivity contribution is 0.0342. The predicted octanol–water partition coefficient (Wildman–Crippen LogP) is 3.79. The topological polar surface area (TPSA) is 60.3 Å². The molecule has 1 fully saturated rings. The Kier molecular flexibility index (Phi) is 5.74. The number of hydrogen-bond donors (Lipinski definition) is 2. The number of phenolic OH excluding ortho intramolecular Hbond substituents is 1. The lowest BCUT2D eigenvalue weighted by Gasteiger charge is -2.29. The number of phenols is 1. The van der Waals surface area contributed by atoms with Crippen LogP contribution >= 0.6 is 0 Å². The fourth-order valence-corrected chi connectivity index (χ4v) is 3.93. The molecule has 0 radical (unpaired) electrons. The van der Waals surface area contributed by atoms with Gasteiger partial charge in [-0.25, -0.2) is 0 Å². The third-order valence-electron chi connectivity index (χ3n) is 5.69. The highest BCUT2D eigenvalue weighted by atomic mass is 16.5. The van der Waals surface area contributed by atoms with Gasteiger partial charge in [0.15, 0.2) is 6.17 Å². The maximum absolute atomic E-state index is 10.5. The first-order chi connectivity index (χ1) is 14.0. The van der Waals surface area contributed by atoms with Gasteiger partial charge in [-0.3, -0.25) is 10.3 Å². The van der Waals surface area contributed by atoms with Gasteiger partial charge < -0.3 is 14.7 Å². The van der Waals surface area contributed by atoms with Crippen LogP contribution in [0.25, 0.3) is 0 Å². The lowest BCUT2D eigenvalue weighted by Crippen LogP contribution is -2.35. The second-order valence-electron chi connectivity index (χ2n) is 8.09. The van der Waals surface area contributed by atoms with Crippen molar-refractivity contribution in [1.29, 1.82) is 0 Å². The number of hydrazone groups is 1. The van der Waals surface area contributed by atoms with Crippen LogP contribution in [-0.4, -0.2) is 42.1 Å². The zero-order chi connectivity index (χ0) is 20.4. The van der Waals surface area contributed by atoms with Crippen LogP contribution in [0.4, 0.5) is 5.69 Å². The zero-order valence-corrected chi connectivity index (χ0v) is 17.4. The van der Waals surface area contributed by atoms with E-state index in [1.165, 1.54) is 11.1 Å². The average molecular weight is 395 g/mol. The number of hydrogen-bond acceptors (Lipinski definition) is 6. The first kappa shape index (κ1) is 19.7. The fourth-order valence-electron chi connectivity index (χ4n) is 3.93. The SMILES string of the molecule is CC1=NNC(c2cc(C(C)C)ccc2O)N1c1ccc(CN2CCOCC2)cc1. The minimum Gasteiger partial charge on any atom is -0.508 e. The van der Waals surface area contributed by atoms with Crippen LogP contribution < -0.4 is 10.3 Å². The summed E-state index contributed by atoms with van der Waals surface area (Å²) in [6.45, 7) is 10.8. The van der Waals surface area contributed by atoms with Crippen molar-refractivity contribution in [2.24, 2.45) is 5.10 Å². The average Bonchev–Trinajstić information content (AvgIpc) is 3.11. The smallest absolute Gasteiger partial charge is 0.150 e. The number of rotatable bonds is 5. The van der Waals surface area contributed by atoms with Crippen molar-refractivity contribution < 1.29 is 9.84 Å². The van der Waals surface area contributed by atoms with E-state index in [9.17, 15) is 5.11 Å². The van der Waals surface area contributed by atoms with Crippen molar-refractivity contribution in [3.05, 3.63) is 59.2 Å². The molecule has 2 aliphatic rings. The van der Waals surface area contributed by atoms with Crippen molar-refractivity contribution in [1.82, 2.24) is 10.3 Å². The highest BCUT2D eigenvalue weighted by molar-refractivity contribution is 5.98. The summed E-state index contributed by atoms with van der Waals surface area (Å²) in [6.07, 6.45) is -0.223. The van der Waals surface area contributed by atoms with Crippen LogP contribution in [0.1, 0.15) is 49.5 Å². The second-order valence-corrected chi connectivity index (χ2v) is 8.09. The maximum Gasteiger partial charge on any atom is 0.150 e. The molecule has 0 aliphatic carbocycles. The molecule has 0 aromatic heterocycles. The summed E-state index contributed by atoms with van der Waals surface area (Å²) >= 11 is 0. The van der Waals surface area contributed by atoms with Crippen molar-refractivity contribution in [2.45, 2.75) is 39.4 Å². The van der Waals surface area contributed by atoms with E-state index in [1.54, 1.807) is 6.07 Å². The van der Waals surface area contributed by atoms with Gasteiger partial charge in [0.2, 0.25) is 0 Å². The van der Waals surface area contributed by atoms with E-state index in [-0.39, 0.29) is 11.9 Å². The van der Waals surface area contributed by atoms with Crippen molar-refractivity contribution in [3.8, 4) is 5.75 Å². The summed E-state index contributed by atoms with van der Waals surface area (Å²) in [6, 6.07) is 14.5. The number of morpholine rings is 1. The van der Waals surface area contributed by atoms with Crippen LogP contribution in [-0.2, 0) is 11.3 Å². The second kappa shape index (κ2) is 8.43. The van der Waals surface area contributed by atoms with Crippen molar-refractivity contribution >= 4 is 11.5 Å². The van der Waals surface area contributed by atoms with Gasteiger partial charge in [0.05, 0.1) is 13.2 Å². The first-order valence-electron chi connectivity index (χ1n) is 10.3. The van der Waals surface area contributed by atoms with Gasteiger partial charge >= 0.3 is 0 Å². The van der Waals surface area contributed by atoms with E-state index >= 15 is 0 Å². The summed E-state index contributed by atoms with van der Waals surface area (Å²) in [5, 5.41) is 15.0. The maximum atomic E-state index is 10.5. The first-order valence-corrected chi connectivity index (χ1v) is 10.3. The normalized spacial score (nSPS) is 20.1. The Morgan fingerprint density at radius 1 is 1.14 bits per heavy atom. The van der Waals surface area contributed by atoms with Crippen LogP contribution in [0.2, 0.25) is 0 Å². The Balaban J connectivity index is 1.56. The number of anilines is 1. The Bertz CT molecular complexity index is 873. The Morgan fingerprint density at radius 2 is 1.86 bits per heavy atom. The molecule has 2 N–H and O–H groups in total. The van der Waals surface area contributed by atoms with Crippen LogP contribution in [0, 0.1) is 0 Å². The molecular weight excluding hydrogens is 364 g/mol. The van der Waals surface area contributed by atoms with Gasteiger partial charge in [0.25, 0.3) is 0 Å². The minimum absolute atomic E-state index is 0.223.